The Bertz CT molecular complexity index is 999. The quantitative estimate of drug-likeness (QED) is 0.389. The van der Waals surface area contributed by atoms with E-state index >= 15 is 0 Å². The van der Waals surface area contributed by atoms with Crippen LogP contribution < -0.4 is 10.9 Å². The lowest BCUT2D eigenvalue weighted by atomic mass is 9.82. The average molecular weight is 538 g/mol. The normalized spacial score (nSPS) is 18.6. The van der Waals surface area contributed by atoms with Gasteiger partial charge in [-0.25, -0.2) is 18.7 Å². The number of nitrogens with one attached hydrogen (secondary N) is 2. The number of carbonyl (C=O) groups excluding carboxylic acids is 2. The Morgan fingerprint density at radius 3 is 2.35 bits per heavy atom. The molecule has 9 nitrogen and oxygen atoms in total. The van der Waals surface area contributed by atoms with Crippen LogP contribution in [0, 0.1) is 17.8 Å². The van der Waals surface area contributed by atoms with Gasteiger partial charge in [0.05, 0.1) is 18.1 Å². The molecule has 208 valence electrons. The first-order valence-electron chi connectivity index (χ1n) is 12.9. The first-order chi connectivity index (χ1) is 17.3. The largest absolute Gasteiger partial charge is 0.350 e. The minimum absolute atomic E-state index is 0.0769. The molecule has 1 heterocycles. The Kier molecular flexibility index (Phi) is 11.7. The molecule has 1 aromatic carbocycles. The zero-order chi connectivity index (χ0) is 27.6. The number of hydroxylamine groups is 1. The number of sulfonamides is 1. The molecule has 0 spiro atoms. The van der Waals surface area contributed by atoms with Crippen LogP contribution in [0.4, 0.5) is 0 Å². The predicted molar refractivity (Wildman–Crippen MR) is 144 cm³/mol. The van der Waals surface area contributed by atoms with Gasteiger partial charge in [0.2, 0.25) is 21.8 Å². The van der Waals surface area contributed by atoms with Gasteiger partial charge in [-0.3, -0.25) is 15.0 Å². The van der Waals surface area contributed by atoms with Gasteiger partial charge in [0.15, 0.2) is 6.29 Å². The van der Waals surface area contributed by atoms with E-state index in [9.17, 15) is 18.0 Å². The van der Waals surface area contributed by atoms with Crippen LogP contribution in [0.2, 0.25) is 0 Å². The monoisotopic (exact) mass is 537 g/mol. The van der Waals surface area contributed by atoms with E-state index in [1.165, 1.54) is 0 Å². The number of hydrogen-bond donors (Lipinski definition) is 2. The highest BCUT2D eigenvalue weighted by Gasteiger charge is 2.38. The van der Waals surface area contributed by atoms with Crippen molar-refractivity contribution in [3.05, 3.63) is 42.0 Å². The molecular weight excluding hydrogens is 494 g/mol. The molecule has 2 rings (SSSR count). The molecule has 0 aliphatic carbocycles. The molecule has 0 saturated carbocycles. The lowest BCUT2D eigenvalue weighted by molar-refractivity contribution is -0.203. The number of rotatable bonds is 12. The molecule has 1 unspecified atom stereocenters. The molecule has 0 bridgehead atoms. The van der Waals surface area contributed by atoms with Crippen molar-refractivity contribution in [3.63, 3.8) is 0 Å². The Labute approximate surface area is 221 Å². The summed E-state index contributed by atoms with van der Waals surface area (Å²) in [7, 11) is -3.76. The number of carbonyl (C=O) groups is 2. The lowest BCUT2D eigenvalue weighted by Gasteiger charge is -2.35. The van der Waals surface area contributed by atoms with Crippen LogP contribution in [0.15, 0.2) is 36.4 Å². The van der Waals surface area contributed by atoms with Gasteiger partial charge in [-0.2, -0.15) is 0 Å². The summed E-state index contributed by atoms with van der Waals surface area (Å²) in [5.74, 6) is -2.51. The van der Waals surface area contributed by atoms with E-state index in [1.807, 2.05) is 56.3 Å². The highest BCUT2D eigenvalue weighted by atomic mass is 32.2. The molecule has 37 heavy (non-hydrogen) atoms. The molecule has 2 N–H and O–H groups in total. The summed E-state index contributed by atoms with van der Waals surface area (Å²) in [6, 6.07) is 9.65. The summed E-state index contributed by atoms with van der Waals surface area (Å²) in [5.41, 5.74) is 5.18. The van der Waals surface area contributed by atoms with E-state index in [0.29, 0.717) is 19.4 Å². The zero-order valence-corrected chi connectivity index (χ0v) is 23.7. The van der Waals surface area contributed by atoms with Crippen LogP contribution in [0.1, 0.15) is 72.3 Å². The van der Waals surface area contributed by atoms with Crippen molar-refractivity contribution < 1.29 is 27.6 Å². The summed E-state index contributed by atoms with van der Waals surface area (Å²) in [4.78, 5) is 32.5. The fourth-order valence-electron chi connectivity index (χ4n) is 4.27. The lowest BCUT2D eigenvalue weighted by Crippen LogP contribution is -2.57. The Balaban J connectivity index is 2.31. The van der Waals surface area contributed by atoms with Crippen molar-refractivity contribution in [2.24, 2.45) is 17.8 Å². The number of allylic oxidation sites excluding steroid dienone is 1. The standard InChI is InChI=1S/C27H43N3O6S/c1-20(2)19-23(25(31)28-30(27(3,4)5)37(6,33)34)22(16-12-15-21-13-8-7-9-14-21)26(32)29-36-24-17-10-11-18-35-24/h7-9,12-15,20,22-24H,10-11,16-19H2,1-6H3,(H,28,31)(H,29,32)/b15-12+/t22-,23+,24?/m0/s1. The average Bonchev–Trinajstić information content (AvgIpc) is 2.82. The molecule has 2 amide bonds. The summed E-state index contributed by atoms with van der Waals surface area (Å²) in [6.07, 6.45) is 7.46. The van der Waals surface area contributed by atoms with Crippen LogP contribution in [-0.2, 0) is 29.2 Å². The maximum absolute atomic E-state index is 13.6. The number of hydrogen-bond acceptors (Lipinski definition) is 6. The third kappa shape index (κ3) is 10.6. The molecule has 0 radical (unpaired) electrons. The van der Waals surface area contributed by atoms with Gasteiger partial charge < -0.3 is 4.74 Å². The highest BCUT2D eigenvalue weighted by molar-refractivity contribution is 7.88. The molecule has 1 fully saturated rings. The number of hydrazine groups is 1. The van der Waals surface area contributed by atoms with Crippen LogP contribution >= 0.6 is 0 Å². The zero-order valence-electron chi connectivity index (χ0n) is 22.9. The van der Waals surface area contributed by atoms with E-state index in [2.05, 4.69) is 10.9 Å². The second kappa shape index (κ2) is 14.0. The van der Waals surface area contributed by atoms with Crippen LogP contribution in [-0.4, -0.2) is 49.3 Å². The van der Waals surface area contributed by atoms with Crippen molar-refractivity contribution in [2.75, 3.05) is 12.9 Å². The predicted octanol–water partition coefficient (Wildman–Crippen LogP) is 4.03. The Hall–Kier alpha value is -2.27. The molecule has 0 aromatic heterocycles. The van der Waals surface area contributed by atoms with E-state index in [1.54, 1.807) is 20.8 Å². The van der Waals surface area contributed by atoms with Crippen molar-refractivity contribution in [2.45, 2.75) is 78.6 Å². The van der Waals surface area contributed by atoms with Crippen molar-refractivity contribution in [3.8, 4) is 0 Å². The van der Waals surface area contributed by atoms with Gasteiger partial charge in [-0.1, -0.05) is 56.3 Å². The summed E-state index contributed by atoms with van der Waals surface area (Å²) in [6.45, 7) is 9.55. The van der Waals surface area contributed by atoms with E-state index < -0.39 is 45.5 Å². The van der Waals surface area contributed by atoms with Crippen molar-refractivity contribution in [1.82, 2.24) is 15.3 Å². The maximum atomic E-state index is 13.6. The van der Waals surface area contributed by atoms with Crippen LogP contribution in [0.5, 0.6) is 0 Å². The smallest absolute Gasteiger partial charge is 0.247 e. The molecule has 1 aliphatic heterocycles. The first-order valence-corrected chi connectivity index (χ1v) is 14.7. The van der Waals surface area contributed by atoms with Crippen molar-refractivity contribution >= 4 is 27.9 Å². The minimum atomic E-state index is -3.76. The molecule has 10 heteroatoms. The minimum Gasteiger partial charge on any atom is -0.350 e. The van der Waals surface area contributed by atoms with Gasteiger partial charge in [-0.05, 0) is 57.9 Å². The second-order valence-electron chi connectivity index (χ2n) is 10.9. The number of benzene rings is 1. The molecule has 1 aromatic rings. The molecule has 1 aliphatic rings. The molecule has 3 atom stereocenters. The molecule has 1 saturated heterocycles. The SMILES string of the molecule is CC(C)C[C@@H](C(=O)NN(C(C)(C)C)S(C)(=O)=O)[C@H](C/C=C/c1ccccc1)C(=O)NOC1CCCCO1. The van der Waals surface area contributed by atoms with Gasteiger partial charge >= 0.3 is 0 Å². The number of amides is 2. The summed E-state index contributed by atoms with van der Waals surface area (Å²) >= 11 is 0. The second-order valence-corrected chi connectivity index (χ2v) is 12.8. The van der Waals surface area contributed by atoms with E-state index in [4.69, 9.17) is 9.57 Å². The van der Waals surface area contributed by atoms with Crippen molar-refractivity contribution in [1.29, 1.82) is 0 Å². The van der Waals surface area contributed by atoms with Gasteiger partial charge in [0.25, 0.3) is 0 Å². The van der Waals surface area contributed by atoms with Gasteiger partial charge in [-0.15, -0.1) is 4.41 Å². The first kappa shape index (κ1) is 31.0. The Morgan fingerprint density at radius 2 is 1.81 bits per heavy atom. The van der Waals surface area contributed by atoms with E-state index in [0.717, 1.165) is 29.1 Å². The van der Waals surface area contributed by atoms with E-state index in [-0.39, 0.29) is 12.3 Å². The highest BCUT2D eigenvalue weighted by Crippen LogP contribution is 2.27. The number of ether oxygens (including phenoxy) is 1. The summed E-state index contributed by atoms with van der Waals surface area (Å²) in [5, 5.41) is 0. The fourth-order valence-corrected chi connectivity index (χ4v) is 5.52. The summed E-state index contributed by atoms with van der Waals surface area (Å²) < 4.78 is 31.4. The maximum Gasteiger partial charge on any atom is 0.247 e. The third-order valence-electron chi connectivity index (χ3n) is 5.97. The fraction of sp³-hybridized carbons (Fsp3) is 0.630. The van der Waals surface area contributed by atoms with Gasteiger partial charge in [0.1, 0.15) is 0 Å². The Morgan fingerprint density at radius 1 is 1.14 bits per heavy atom. The van der Waals surface area contributed by atoms with Crippen LogP contribution in [0.3, 0.4) is 0 Å². The third-order valence-corrected chi connectivity index (χ3v) is 7.27. The van der Waals surface area contributed by atoms with Gasteiger partial charge in [0, 0.05) is 18.6 Å². The van der Waals surface area contributed by atoms with Crippen LogP contribution in [0.25, 0.3) is 6.08 Å². The number of nitrogens with zero attached hydrogens (tertiary/aromatic N) is 1. The topological polar surface area (TPSA) is 114 Å². The molecular formula is C27H43N3O6S.